The Hall–Kier alpha value is -3.34. The molecule has 0 saturated carbocycles. The van der Waals surface area contributed by atoms with Crippen molar-refractivity contribution in [3.8, 4) is 11.5 Å². The van der Waals surface area contributed by atoms with Crippen molar-refractivity contribution < 1.29 is 19.0 Å². The maximum Gasteiger partial charge on any atom is 0.358 e. The topological polar surface area (TPSA) is 106 Å². The SMILES string of the molecule is COC(=O)c1ccn(CSc2nncn2N=Cc2ccc(OC)cc2OC)n1. The summed E-state index contributed by atoms with van der Waals surface area (Å²) in [7, 11) is 4.49. The molecule has 0 aliphatic rings. The molecule has 0 bridgehead atoms. The van der Waals surface area contributed by atoms with Crippen molar-refractivity contribution >= 4 is 23.9 Å². The lowest BCUT2D eigenvalue weighted by atomic mass is 10.2. The van der Waals surface area contributed by atoms with Gasteiger partial charge in [0.05, 0.1) is 33.4 Å². The van der Waals surface area contributed by atoms with Gasteiger partial charge >= 0.3 is 5.97 Å². The average Bonchev–Trinajstić information content (AvgIpc) is 3.39. The molecule has 0 atom stereocenters. The molecule has 0 aliphatic heterocycles. The van der Waals surface area contributed by atoms with E-state index in [4.69, 9.17) is 9.47 Å². The van der Waals surface area contributed by atoms with Crippen LogP contribution in [0.15, 0.2) is 47.0 Å². The van der Waals surface area contributed by atoms with E-state index in [0.29, 0.717) is 22.5 Å². The summed E-state index contributed by atoms with van der Waals surface area (Å²) in [6.07, 6.45) is 4.83. The highest BCUT2D eigenvalue weighted by Gasteiger charge is 2.10. The monoisotopic (exact) mass is 402 g/mol. The first kappa shape index (κ1) is 19.4. The maximum atomic E-state index is 11.5. The lowest BCUT2D eigenvalue weighted by molar-refractivity contribution is 0.0593. The standard InChI is InChI=1S/C17H18N6O4S/c1-25-13-5-4-12(15(8-13)26-2)9-19-23-10-18-20-17(23)28-11-22-7-6-14(21-22)16(24)27-3/h4-10H,11H2,1-3H3. The number of benzene rings is 1. The molecule has 0 amide bonds. The molecule has 0 saturated heterocycles. The molecule has 0 aliphatic carbocycles. The minimum absolute atomic E-state index is 0.245. The molecule has 3 rings (SSSR count). The third-order valence-electron chi connectivity index (χ3n) is 3.62. The van der Waals surface area contributed by atoms with Gasteiger partial charge in [0.25, 0.3) is 0 Å². The molecule has 28 heavy (non-hydrogen) atoms. The fourth-order valence-electron chi connectivity index (χ4n) is 2.21. The third kappa shape index (κ3) is 4.49. The molecule has 0 fully saturated rings. The molecule has 146 valence electrons. The van der Waals surface area contributed by atoms with Gasteiger partial charge < -0.3 is 14.2 Å². The Morgan fingerprint density at radius 2 is 2.11 bits per heavy atom. The smallest absolute Gasteiger partial charge is 0.358 e. The van der Waals surface area contributed by atoms with E-state index in [-0.39, 0.29) is 5.69 Å². The number of hydrogen-bond acceptors (Lipinski definition) is 9. The molecule has 0 radical (unpaired) electrons. The number of carbonyl (C=O) groups excluding carboxylic acids is 1. The minimum Gasteiger partial charge on any atom is -0.497 e. The Balaban J connectivity index is 1.69. The summed E-state index contributed by atoms with van der Waals surface area (Å²) < 4.78 is 18.3. The van der Waals surface area contributed by atoms with Crippen LogP contribution in [0.2, 0.25) is 0 Å². The molecule has 10 nitrogen and oxygen atoms in total. The van der Waals surface area contributed by atoms with Crippen LogP contribution < -0.4 is 9.47 Å². The van der Waals surface area contributed by atoms with Crippen molar-refractivity contribution in [3.63, 3.8) is 0 Å². The first-order valence-corrected chi connectivity index (χ1v) is 9.04. The Morgan fingerprint density at radius 3 is 2.86 bits per heavy atom. The number of thioether (sulfide) groups is 1. The van der Waals surface area contributed by atoms with Gasteiger partial charge in [0.2, 0.25) is 5.16 Å². The summed E-state index contributed by atoms with van der Waals surface area (Å²) in [5.74, 6) is 1.28. The molecule has 2 heterocycles. The van der Waals surface area contributed by atoms with E-state index in [2.05, 4.69) is 25.1 Å². The highest BCUT2D eigenvalue weighted by Crippen LogP contribution is 2.23. The fourth-order valence-corrected chi connectivity index (χ4v) is 2.94. The van der Waals surface area contributed by atoms with Gasteiger partial charge in [-0.05, 0) is 18.2 Å². The molecule has 2 aromatic heterocycles. The third-order valence-corrected chi connectivity index (χ3v) is 4.54. The van der Waals surface area contributed by atoms with Crippen molar-refractivity contribution in [1.82, 2.24) is 24.7 Å². The number of hydrogen-bond donors (Lipinski definition) is 0. The number of esters is 1. The fraction of sp³-hybridized carbons (Fsp3) is 0.235. The first-order chi connectivity index (χ1) is 13.6. The first-order valence-electron chi connectivity index (χ1n) is 8.05. The van der Waals surface area contributed by atoms with Gasteiger partial charge in [-0.15, -0.1) is 10.2 Å². The zero-order chi connectivity index (χ0) is 19.9. The second-order valence-electron chi connectivity index (χ2n) is 5.32. The molecule has 0 spiro atoms. The van der Waals surface area contributed by atoms with Crippen molar-refractivity contribution in [3.05, 3.63) is 48.0 Å². The predicted octanol–water partition coefficient (Wildman–Crippen LogP) is 1.91. The van der Waals surface area contributed by atoms with Gasteiger partial charge in [0, 0.05) is 17.8 Å². The van der Waals surface area contributed by atoms with Crippen molar-refractivity contribution in [2.45, 2.75) is 11.0 Å². The number of nitrogens with zero attached hydrogens (tertiary/aromatic N) is 6. The lowest BCUT2D eigenvalue weighted by Crippen LogP contribution is -2.04. The van der Waals surface area contributed by atoms with Gasteiger partial charge in [-0.2, -0.15) is 14.9 Å². The van der Waals surface area contributed by atoms with Crippen LogP contribution in [-0.4, -0.2) is 58.2 Å². The van der Waals surface area contributed by atoms with Gasteiger partial charge in [-0.1, -0.05) is 11.8 Å². The van der Waals surface area contributed by atoms with E-state index in [1.165, 1.54) is 25.2 Å². The highest BCUT2D eigenvalue weighted by atomic mass is 32.2. The van der Waals surface area contributed by atoms with Crippen LogP contribution in [0, 0.1) is 0 Å². The van der Waals surface area contributed by atoms with Crippen LogP contribution in [0.25, 0.3) is 0 Å². The van der Waals surface area contributed by atoms with Crippen LogP contribution in [0.1, 0.15) is 16.1 Å². The zero-order valence-corrected chi connectivity index (χ0v) is 16.3. The summed E-state index contributed by atoms with van der Waals surface area (Å²) in [5, 5.41) is 17.0. The second-order valence-corrected chi connectivity index (χ2v) is 6.23. The normalized spacial score (nSPS) is 11.0. The van der Waals surface area contributed by atoms with E-state index in [9.17, 15) is 4.79 Å². The Morgan fingerprint density at radius 1 is 1.25 bits per heavy atom. The molecular formula is C17H18N6O4S. The summed E-state index contributed by atoms with van der Waals surface area (Å²) in [5.41, 5.74) is 1.02. The van der Waals surface area contributed by atoms with Crippen molar-refractivity contribution in [2.24, 2.45) is 5.10 Å². The van der Waals surface area contributed by atoms with Gasteiger partial charge in [-0.3, -0.25) is 4.68 Å². The summed E-state index contributed by atoms with van der Waals surface area (Å²) in [6, 6.07) is 7.03. The van der Waals surface area contributed by atoms with Crippen LogP contribution in [0.5, 0.6) is 11.5 Å². The summed E-state index contributed by atoms with van der Waals surface area (Å²) >= 11 is 1.36. The van der Waals surface area contributed by atoms with Crippen LogP contribution in [-0.2, 0) is 10.6 Å². The number of rotatable bonds is 8. The minimum atomic E-state index is -0.482. The number of ether oxygens (including phenoxy) is 3. The molecule has 0 N–H and O–H groups in total. The lowest BCUT2D eigenvalue weighted by Gasteiger charge is -2.07. The Bertz CT molecular complexity index is 984. The largest absolute Gasteiger partial charge is 0.497 e. The van der Waals surface area contributed by atoms with E-state index < -0.39 is 5.97 Å². The number of aromatic nitrogens is 5. The zero-order valence-electron chi connectivity index (χ0n) is 15.5. The van der Waals surface area contributed by atoms with E-state index >= 15 is 0 Å². The van der Waals surface area contributed by atoms with Crippen LogP contribution >= 0.6 is 11.8 Å². The van der Waals surface area contributed by atoms with Gasteiger partial charge in [0.1, 0.15) is 17.8 Å². The summed E-state index contributed by atoms with van der Waals surface area (Å²) in [6.45, 7) is 0. The molecule has 3 aromatic rings. The van der Waals surface area contributed by atoms with E-state index in [0.717, 1.165) is 5.56 Å². The van der Waals surface area contributed by atoms with Crippen LogP contribution in [0.3, 0.4) is 0 Å². The van der Waals surface area contributed by atoms with Gasteiger partial charge in [-0.25, -0.2) is 4.79 Å². The Kier molecular flexibility index (Phi) is 6.27. The Labute approximate surface area is 165 Å². The van der Waals surface area contributed by atoms with Crippen molar-refractivity contribution in [2.75, 3.05) is 21.3 Å². The maximum absolute atomic E-state index is 11.5. The summed E-state index contributed by atoms with van der Waals surface area (Å²) in [4.78, 5) is 11.5. The van der Waals surface area contributed by atoms with Gasteiger partial charge in [0.15, 0.2) is 5.69 Å². The van der Waals surface area contributed by atoms with E-state index in [1.807, 2.05) is 12.1 Å². The second kappa shape index (κ2) is 9.04. The molecular weight excluding hydrogens is 384 g/mol. The number of carbonyl (C=O) groups is 1. The van der Waals surface area contributed by atoms with E-state index in [1.54, 1.807) is 48.1 Å². The predicted molar refractivity (Wildman–Crippen MR) is 102 cm³/mol. The van der Waals surface area contributed by atoms with Crippen molar-refractivity contribution in [1.29, 1.82) is 0 Å². The number of methoxy groups -OCH3 is 3. The molecule has 1 aromatic carbocycles. The van der Waals surface area contributed by atoms with Crippen LogP contribution in [0.4, 0.5) is 0 Å². The highest BCUT2D eigenvalue weighted by molar-refractivity contribution is 7.98. The average molecular weight is 402 g/mol. The molecule has 11 heteroatoms. The molecule has 0 unspecified atom stereocenters. The quantitative estimate of drug-likeness (QED) is 0.320.